The van der Waals surface area contributed by atoms with Gasteiger partial charge in [0.25, 0.3) is 5.91 Å². The average Bonchev–Trinajstić information content (AvgIpc) is 3.10. The van der Waals surface area contributed by atoms with Crippen molar-refractivity contribution in [2.24, 2.45) is 0 Å². The molecule has 0 aliphatic rings. The fraction of sp³-hybridized carbons (Fsp3) is 0.130. The molecule has 0 fully saturated rings. The minimum absolute atomic E-state index is 0.0448. The minimum Gasteiger partial charge on any atom is -0.321 e. The first kappa shape index (κ1) is 22.5. The van der Waals surface area contributed by atoms with Gasteiger partial charge in [-0.1, -0.05) is 41.4 Å². The lowest BCUT2D eigenvalue weighted by Crippen LogP contribution is -2.16. The third-order valence-corrected chi connectivity index (χ3v) is 5.28. The first-order chi connectivity index (χ1) is 15.5. The summed E-state index contributed by atoms with van der Waals surface area (Å²) in [5.74, 6) is -0.961. The Hall–Kier alpha value is -3.72. The van der Waals surface area contributed by atoms with Crippen LogP contribution in [0.25, 0.3) is 16.9 Å². The fourth-order valence-corrected chi connectivity index (χ4v) is 3.44. The van der Waals surface area contributed by atoms with Crippen LogP contribution in [0.2, 0.25) is 5.02 Å². The summed E-state index contributed by atoms with van der Waals surface area (Å²) < 4.78 is 42.0. The lowest BCUT2D eigenvalue weighted by atomic mass is 10.1. The molecule has 2 aromatic heterocycles. The van der Waals surface area contributed by atoms with Gasteiger partial charge in [-0.15, -0.1) is 0 Å². The number of aryl methyl sites for hydroxylation is 1. The summed E-state index contributed by atoms with van der Waals surface area (Å²) >= 11 is 6.27. The molecule has 0 saturated carbocycles. The predicted octanol–water partition coefficient (Wildman–Crippen LogP) is 5.83. The first-order valence-electron chi connectivity index (χ1n) is 9.70. The number of hydrogen-bond donors (Lipinski definition) is 1. The molecule has 6 nitrogen and oxygen atoms in total. The summed E-state index contributed by atoms with van der Waals surface area (Å²) in [4.78, 5) is 28.4. The largest absolute Gasteiger partial charge is 0.433 e. The van der Waals surface area contributed by atoms with E-state index in [0.717, 1.165) is 11.6 Å². The van der Waals surface area contributed by atoms with Gasteiger partial charge in [-0.3, -0.25) is 9.59 Å². The van der Waals surface area contributed by atoms with Crippen LogP contribution in [-0.4, -0.2) is 26.3 Å². The van der Waals surface area contributed by atoms with Crippen LogP contribution in [0.3, 0.4) is 0 Å². The highest BCUT2D eigenvalue weighted by atomic mass is 35.5. The molecule has 10 heteroatoms. The van der Waals surface area contributed by atoms with Crippen LogP contribution >= 0.6 is 11.6 Å². The zero-order valence-electron chi connectivity index (χ0n) is 17.4. The molecule has 0 radical (unpaired) electrons. The Bertz CT molecular complexity index is 1380. The highest BCUT2D eigenvalue weighted by Gasteiger charge is 2.36. The van der Waals surface area contributed by atoms with E-state index in [9.17, 15) is 22.8 Å². The normalized spacial score (nSPS) is 11.6. The van der Waals surface area contributed by atoms with Crippen molar-refractivity contribution >= 4 is 34.6 Å². The molecule has 2 aromatic carbocycles. The minimum atomic E-state index is -4.77. The van der Waals surface area contributed by atoms with Gasteiger partial charge < -0.3 is 5.32 Å². The van der Waals surface area contributed by atoms with E-state index < -0.39 is 23.5 Å². The second-order valence-corrected chi connectivity index (χ2v) is 7.75. The number of alkyl halides is 3. The summed E-state index contributed by atoms with van der Waals surface area (Å²) in [6.07, 6.45) is -4.77. The van der Waals surface area contributed by atoms with Crippen molar-refractivity contribution in [1.29, 1.82) is 0 Å². The van der Waals surface area contributed by atoms with E-state index >= 15 is 0 Å². The third-order valence-electron chi connectivity index (χ3n) is 4.93. The molecule has 1 N–H and O–H groups in total. The number of rotatable bonds is 4. The van der Waals surface area contributed by atoms with Crippen molar-refractivity contribution < 1.29 is 22.8 Å². The standard InChI is InChI=1S/C23H16ClF3N4O2/c1-12-3-5-15(6-4-12)17-11-18(23(25,26)27)31-21(29-17)19(24)20(30-31)22(33)28-16-9-7-14(8-10-16)13(2)32/h3-11H,1-2H3,(H,28,33). The molecule has 0 spiro atoms. The summed E-state index contributed by atoms with van der Waals surface area (Å²) in [6, 6.07) is 13.7. The Kier molecular flexibility index (Phi) is 5.67. The SMILES string of the molecule is CC(=O)c1ccc(NC(=O)c2nn3c(C(F)(F)F)cc(-c4ccc(C)cc4)nc3c2Cl)cc1. The van der Waals surface area contributed by atoms with Crippen molar-refractivity contribution in [2.45, 2.75) is 20.0 Å². The lowest BCUT2D eigenvalue weighted by molar-refractivity contribution is -0.142. The summed E-state index contributed by atoms with van der Waals surface area (Å²) in [5.41, 5.74) is 0.392. The van der Waals surface area contributed by atoms with Crippen molar-refractivity contribution in [3.8, 4) is 11.3 Å². The van der Waals surface area contributed by atoms with E-state index in [1.807, 2.05) is 6.92 Å². The zero-order chi connectivity index (χ0) is 23.9. The number of amides is 1. The number of nitrogens with one attached hydrogen (secondary N) is 1. The lowest BCUT2D eigenvalue weighted by Gasteiger charge is -2.11. The maximum absolute atomic E-state index is 13.8. The number of carbonyl (C=O) groups is 2. The smallest absolute Gasteiger partial charge is 0.321 e. The maximum atomic E-state index is 13.8. The number of carbonyl (C=O) groups excluding carboxylic acids is 2. The number of Topliss-reactive ketones (excluding diaryl/α,β-unsaturated/α-hetero) is 1. The quantitative estimate of drug-likeness (QED) is 0.379. The van der Waals surface area contributed by atoms with E-state index in [2.05, 4.69) is 15.4 Å². The molecule has 0 unspecified atom stereocenters. The van der Waals surface area contributed by atoms with Crippen LogP contribution in [-0.2, 0) is 6.18 Å². The molecule has 0 atom stereocenters. The number of fused-ring (bicyclic) bond motifs is 1. The Balaban J connectivity index is 1.78. The van der Waals surface area contributed by atoms with Crippen LogP contribution in [0.5, 0.6) is 0 Å². The van der Waals surface area contributed by atoms with Gasteiger partial charge in [0.15, 0.2) is 22.8 Å². The third kappa shape index (κ3) is 4.45. The van der Waals surface area contributed by atoms with Crippen molar-refractivity contribution in [2.75, 3.05) is 5.32 Å². The van der Waals surface area contributed by atoms with E-state index in [-0.39, 0.29) is 22.1 Å². The molecule has 0 bridgehead atoms. The number of anilines is 1. The van der Waals surface area contributed by atoms with Gasteiger partial charge in [0.05, 0.1) is 5.69 Å². The maximum Gasteiger partial charge on any atom is 0.433 e. The first-order valence-corrected chi connectivity index (χ1v) is 10.1. The highest BCUT2D eigenvalue weighted by Crippen LogP contribution is 2.34. The van der Waals surface area contributed by atoms with E-state index in [1.54, 1.807) is 24.3 Å². The Morgan fingerprint density at radius 3 is 2.24 bits per heavy atom. The van der Waals surface area contributed by atoms with E-state index in [4.69, 9.17) is 11.6 Å². The molecule has 0 aliphatic heterocycles. The summed E-state index contributed by atoms with van der Waals surface area (Å²) in [7, 11) is 0. The van der Waals surface area contributed by atoms with E-state index in [1.165, 1.54) is 31.2 Å². The molecule has 4 rings (SSSR count). The van der Waals surface area contributed by atoms with Gasteiger partial charge in [0.1, 0.15) is 5.02 Å². The van der Waals surface area contributed by atoms with Gasteiger partial charge in [0, 0.05) is 16.8 Å². The van der Waals surface area contributed by atoms with Gasteiger partial charge in [0.2, 0.25) is 0 Å². The predicted molar refractivity (Wildman–Crippen MR) is 118 cm³/mol. The number of aromatic nitrogens is 3. The van der Waals surface area contributed by atoms with Crippen LogP contribution < -0.4 is 5.32 Å². The van der Waals surface area contributed by atoms with Gasteiger partial charge in [-0.2, -0.15) is 18.3 Å². The molecule has 4 aromatic rings. The Morgan fingerprint density at radius 1 is 1.03 bits per heavy atom. The molecule has 2 heterocycles. The van der Waals surface area contributed by atoms with Crippen molar-refractivity contribution in [1.82, 2.24) is 14.6 Å². The van der Waals surface area contributed by atoms with Crippen LogP contribution in [0.1, 0.15) is 39.0 Å². The Labute approximate surface area is 191 Å². The number of hydrogen-bond acceptors (Lipinski definition) is 4. The number of benzene rings is 2. The van der Waals surface area contributed by atoms with Gasteiger partial charge >= 0.3 is 6.18 Å². The highest BCUT2D eigenvalue weighted by molar-refractivity contribution is 6.37. The van der Waals surface area contributed by atoms with Crippen LogP contribution in [0.15, 0.2) is 54.6 Å². The molecule has 1 amide bonds. The van der Waals surface area contributed by atoms with Gasteiger partial charge in [-0.25, -0.2) is 9.50 Å². The van der Waals surface area contributed by atoms with Crippen LogP contribution in [0.4, 0.5) is 18.9 Å². The second-order valence-electron chi connectivity index (χ2n) is 7.38. The Morgan fingerprint density at radius 2 is 1.67 bits per heavy atom. The molecule has 0 saturated heterocycles. The summed E-state index contributed by atoms with van der Waals surface area (Å²) in [5, 5.41) is 6.01. The van der Waals surface area contributed by atoms with Crippen LogP contribution in [0, 0.1) is 6.92 Å². The van der Waals surface area contributed by atoms with Crippen molar-refractivity contribution in [3.05, 3.63) is 82.1 Å². The number of nitrogens with zero attached hydrogens (tertiary/aromatic N) is 3. The molecule has 0 aliphatic carbocycles. The number of ketones is 1. The zero-order valence-corrected chi connectivity index (χ0v) is 18.1. The molecular weight excluding hydrogens is 457 g/mol. The topological polar surface area (TPSA) is 76.4 Å². The number of halogens is 4. The molecular formula is C23H16ClF3N4O2. The van der Waals surface area contributed by atoms with Gasteiger partial charge in [-0.05, 0) is 44.2 Å². The molecule has 33 heavy (non-hydrogen) atoms. The molecule has 168 valence electrons. The second kappa shape index (κ2) is 8.32. The monoisotopic (exact) mass is 472 g/mol. The van der Waals surface area contributed by atoms with Crippen molar-refractivity contribution in [3.63, 3.8) is 0 Å². The average molecular weight is 473 g/mol. The fourth-order valence-electron chi connectivity index (χ4n) is 3.19. The van der Waals surface area contributed by atoms with E-state index in [0.29, 0.717) is 21.3 Å². The summed E-state index contributed by atoms with van der Waals surface area (Å²) in [6.45, 7) is 3.26.